The zero-order valence-electron chi connectivity index (χ0n) is 12.9. The Morgan fingerprint density at radius 2 is 1.88 bits per heavy atom. The van der Waals surface area contributed by atoms with Crippen LogP contribution in [0.15, 0.2) is 47.6 Å². The van der Waals surface area contributed by atoms with Gasteiger partial charge in [0.15, 0.2) is 5.16 Å². The van der Waals surface area contributed by atoms with Crippen molar-refractivity contribution in [2.45, 2.75) is 18.6 Å². The first-order valence-corrected chi connectivity index (χ1v) is 9.16. The summed E-state index contributed by atoms with van der Waals surface area (Å²) in [6.07, 6.45) is 0. The molecule has 1 aromatic heterocycles. The van der Waals surface area contributed by atoms with E-state index in [1.54, 1.807) is 18.2 Å². The summed E-state index contributed by atoms with van der Waals surface area (Å²) in [6.45, 7) is 2.85. The van der Waals surface area contributed by atoms with Crippen molar-refractivity contribution in [3.05, 3.63) is 52.5 Å². The fourth-order valence-corrected chi connectivity index (χ4v) is 3.76. The molecule has 24 heavy (non-hydrogen) atoms. The highest BCUT2D eigenvalue weighted by atomic mass is 35.5. The third kappa shape index (κ3) is 3.53. The molecule has 0 fully saturated rings. The first kappa shape index (κ1) is 17.1. The number of benzene rings is 2. The molecule has 0 bridgehead atoms. The Bertz CT molecular complexity index is 874. The molecule has 0 aliphatic carbocycles. The molecule has 0 aliphatic rings. The van der Waals surface area contributed by atoms with Gasteiger partial charge in [-0.25, -0.2) is 4.98 Å². The van der Waals surface area contributed by atoms with Gasteiger partial charge in [0, 0.05) is 6.54 Å². The van der Waals surface area contributed by atoms with Crippen LogP contribution in [-0.2, 0) is 11.3 Å². The van der Waals surface area contributed by atoms with E-state index < -0.39 is 0 Å². The average molecular weight is 380 g/mol. The molecule has 2 aromatic carbocycles. The summed E-state index contributed by atoms with van der Waals surface area (Å²) in [7, 11) is 0. The van der Waals surface area contributed by atoms with Crippen LogP contribution in [0.3, 0.4) is 0 Å². The number of nitrogens with zero attached hydrogens (tertiary/aromatic N) is 2. The van der Waals surface area contributed by atoms with E-state index in [2.05, 4.69) is 21.8 Å². The molecule has 0 radical (unpaired) electrons. The number of rotatable bonds is 5. The molecule has 0 aliphatic heterocycles. The Balaban J connectivity index is 1.73. The fraction of sp³-hybridized carbons (Fsp3) is 0.176. The third-order valence-electron chi connectivity index (χ3n) is 3.50. The largest absolute Gasteiger partial charge is 0.323 e. The van der Waals surface area contributed by atoms with Crippen LogP contribution in [0.25, 0.3) is 11.0 Å². The smallest absolute Gasteiger partial charge is 0.234 e. The standard InChI is InChI=1S/C17H15Cl2N3OS/c1-2-22-14-9-4-3-8-13(14)20-17(22)24-10-15(23)21-16-11(18)6-5-7-12(16)19/h3-9H,2,10H2,1H3,(H,21,23). The van der Waals surface area contributed by atoms with Gasteiger partial charge in [0.1, 0.15) is 0 Å². The minimum Gasteiger partial charge on any atom is -0.323 e. The highest BCUT2D eigenvalue weighted by Gasteiger charge is 2.13. The normalized spacial score (nSPS) is 11.0. The number of imidazole rings is 1. The van der Waals surface area contributed by atoms with E-state index in [1.807, 2.05) is 24.3 Å². The van der Waals surface area contributed by atoms with Gasteiger partial charge in [0.05, 0.1) is 32.5 Å². The lowest BCUT2D eigenvalue weighted by atomic mass is 10.3. The van der Waals surface area contributed by atoms with Crippen molar-refractivity contribution in [1.82, 2.24) is 9.55 Å². The number of fused-ring (bicyclic) bond motifs is 1. The molecule has 1 amide bonds. The van der Waals surface area contributed by atoms with Gasteiger partial charge in [-0.2, -0.15) is 0 Å². The summed E-state index contributed by atoms with van der Waals surface area (Å²) in [5, 5.41) is 4.41. The minimum absolute atomic E-state index is 0.176. The van der Waals surface area contributed by atoms with Crippen LogP contribution >= 0.6 is 35.0 Å². The molecule has 1 heterocycles. The van der Waals surface area contributed by atoms with Crippen molar-refractivity contribution in [1.29, 1.82) is 0 Å². The second kappa shape index (κ2) is 7.47. The molecule has 0 saturated carbocycles. The van der Waals surface area contributed by atoms with Crippen LogP contribution < -0.4 is 5.32 Å². The zero-order valence-corrected chi connectivity index (χ0v) is 15.3. The summed E-state index contributed by atoms with van der Waals surface area (Å²) >= 11 is 13.5. The van der Waals surface area contributed by atoms with Gasteiger partial charge in [-0.15, -0.1) is 0 Å². The molecule has 3 aromatic rings. The third-order valence-corrected chi connectivity index (χ3v) is 5.10. The van der Waals surface area contributed by atoms with Gasteiger partial charge in [0.25, 0.3) is 0 Å². The van der Waals surface area contributed by atoms with E-state index in [-0.39, 0.29) is 11.7 Å². The van der Waals surface area contributed by atoms with Crippen LogP contribution in [0.2, 0.25) is 10.0 Å². The number of amides is 1. The number of para-hydroxylation sites is 3. The van der Waals surface area contributed by atoms with Crippen molar-refractivity contribution in [3.63, 3.8) is 0 Å². The van der Waals surface area contributed by atoms with Crippen LogP contribution in [0.4, 0.5) is 5.69 Å². The molecular weight excluding hydrogens is 365 g/mol. The van der Waals surface area contributed by atoms with E-state index in [0.29, 0.717) is 15.7 Å². The molecule has 1 N–H and O–H groups in total. The quantitative estimate of drug-likeness (QED) is 0.627. The van der Waals surface area contributed by atoms with E-state index in [0.717, 1.165) is 22.7 Å². The molecule has 124 valence electrons. The topological polar surface area (TPSA) is 46.9 Å². The number of thioether (sulfide) groups is 1. The molecule has 0 saturated heterocycles. The maximum Gasteiger partial charge on any atom is 0.234 e. The number of carbonyl (C=O) groups is 1. The number of nitrogens with one attached hydrogen (secondary N) is 1. The van der Waals surface area contributed by atoms with Crippen molar-refractivity contribution < 1.29 is 4.79 Å². The van der Waals surface area contributed by atoms with Gasteiger partial charge >= 0.3 is 0 Å². The highest BCUT2D eigenvalue weighted by Crippen LogP contribution is 2.30. The van der Waals surface area contributed by atoms with Crippen LogP contribution in [0.1, 0.15) is 6.92 Å². The maximum atomic E-state index is 12.2. The van der Waals surface area contributed by atoms with Crippen molar-refractivity contribution in [3.8, 4) is 0 Å². The number of aromatic nitrogens is 2. The molecular formula is C17H15Cl2N3OS. The number of carbonyl (C=O) groups excluding carboxylic acids is 1. The van der Waals surface area contributed by atoms with E-state index >= 15 is 0 Å². The van der Waals surface area contributed by atoms with Crippen molar-refractivity contribution >= 4 is 57.6 Å². The summed E-state index contributed by atoms with van der Waals surface area (Å²) in [5.41, 5.74) is 2.43. The Hall–Kier alpha value is -1.69. The minimum atomic E-state index is -0.176. The summed E-state index contributed by atoms with van der Waals surface area (Å²) < 4.78 is 2.09. The van der Waals surface area contributed by atoms with Crippen LogP contribution in [-0.4, -0.2) is 21.2 Å². The Labute approximate surface area is 154 Å². The molecule has 4 nitrogen and oxygen atoms in total. The number of halogens is 2. The van der Waals surface area contributed by atoms with Crippen molar-refractivity contribution in [2.24, 2.45) is 0 Å². The zero-order chi connectivity index (χ0) is 17.1. The second-order valence-corrected chi connectivity index (χ2v) is 6.82. The Morgan fingerprint density at radius 1 is 1.17 bits per heavy atom. The number of anilines is 1. The lowest BCUT2D eigenvalue weighted by Gasteiger charge is -2.09. The Morgan fingerprint density at radius 3 is 2.58 bits per heavy atom. The second-order valence-electron chi connectivity index (χ2n) is 5.06. The van der Waals surface area contributed by atoms with Gasteiger partial charge in [-0.3, -0.25) is 4.79 Å². The lowest BCUT2D eigenvalue weighted by molar-refractivity contribution is -0.113. The van der Waals surface area contributed by atoms with Crippen LogP contribution in [0.5, 0.6) is 0 Å². The predicted molar refractivity (Wildman–Crippen MR) is 101 cm³/mol. The molecule has 0 spiro atoms. The lowest BCUT2D eigenvalue weighted by Crippen LogP contribution is -2.15. The predicted octanol–water partition coefficient (Wildman–Crippen LogP) is 5.09. The molecule has 7 heteroatoms. The molecule has 0 unspecified atom stereocenters. The van der Waals surface area contributed by atoms with Gasteiger partial charge in [-0.1, -0.05) is 53.2 Å². The van der Waals surface area contributed by atoms with Gasteiger partial charge < -0.3 is 9.88 Å². The maximum absolute atomic E-state index is 12.2. The van der Waals surface area contributed by atoms with E-state index in [1.165, 1.54) is 11.8 Å². The average Bonchev–Trinajstić information content (AvgIpc) is 2.94. The molecule has 3 rings (SSSR count). The van der Waals surface area contributed by atoms with Gasteiger partial charge in [-0.05, 0) is 31.2 Å². The van der Waals surface area contributed by atoms with Crippen molar-refractivity contribution in [2.75, 3.05) is 11.1 Å². The Kier molecular flexibility index (Phi) is 5.33. The number of hydrogen-bond donors (Lipinski definition) is 1. The first-order chi connectivity index (χ1) is 11.6. The summed E-state index contributed by atoms with van der Waals surface area (Å²) in [6, 6.07) is 13.0. The van der Waals surface area contributed by atoms with Gasteiger partial charge in [0.2, 0.25) is 5.91 Å². The van der Waals surface area contributed by atoms with E-state index in [4.69, 9.17) is 23.2 Å². The monoisotopic (exact) mass is 379 g/mol. The number of aryl methyl sites for hydroxylation is 1. The fourth-order valence-electron chi connectivity index (χ4n) is 2.39. The van der Waals surface area contributed by atoms with E-state index in [9.17, 15) is 4.79 Å². The number of hydrogen-bond acceptors (Lipinski definition) is 3. The molecule has 0 atom stereocenters. The highest BCUT2D eigenvalue weighted by molar-refractivity contribution is 7.99. The SMILES string of the molecule is CCn1c(SCC(=O)Nc2c(Cl)cccc2Cl)nc2ccccc21. The summed E-state index contributed by atoms with van der Waals surface area (Å²) in [5.74, 6) is 0.0509. The first-order valence-electron chi connectivity index (χ1n) is 7.42. The summed E-state index contributed by atoms with van der Waals surface area (Å²) in [4.78, 5) is 16.8. The van der Waals surface area contributed by atoms with Crippen LogP contribution in [0, 0.1) is 0 Å².